The maximum Gasteiger partial charge on any atom is 0.0569 e. The molecule has 0 unspecified atom stereocenters. The minimum Gasteiger partial charge on any atom is -0.339 e. The lowest BCUT2D eigenvalue weighted by Gasteiger charge is -2.03. The van der Waals surface area contributed by atoms with Gasteiger partial charge in [-0.15, -0.1) is 0 Å². The van der Waals surface area contributed by atoms with Gasteiger partial charge in [0.25, 0.3) is 0 Å². The van der Waals surface area contributed by atoms with Crippen LogP contribution in [-0.2, 0) is 6.54 Å². The third-order valence-electron chi connectivity index (χ3n) is 3.28. The van der Waals surface area contributed by atoms with Crippen molar-refractivity contribution < 1.29 is 0 Å². The Morgan fingerprint density at radius 2 is 2.10 bits per heavy atom. The van der Waals surface area contributed by atoms with Crippen LogP contribution in [0.5, 0.6) is 0 Å². The maximum absolute atomic E-state index is 4.31. The fraction of sp³-hybridized carbons (Fsp3) is 0.176. The van der Waals surface area contributed by atoms with E-state index in [-0.39, 0.29) is 0 Å². The highest BCUT2D eigenvalue weighted by molar-refractivity contribution is 5.82. The Balaban J connectivity index is 2.27. The Morgan fingerprint density at radius 3 is 2.85 bits per heavy atom. The molecular formula is C17H19N3. The molecule has 0 saturated heterocycles. The predicted molar refractivity (Wildman–Crippen MR) is 89.0 cm³/mol. The van der Waals surface area contributed by atoms with Gasteiger partial charge < -0.3 is 4.57 Å². The second kappa shape index (κ2) is 6.15. The van der Waals surface area contributed by atoms with Crippen molar-refractivity contribution in [2.24, 2.45) is 9.98 Å². The predicted octanol–water partition coefficient (Wildman–Crippen LogP) is 2.06. The largest absolute Gasteiger partial charge is 0.339 e. The summed E-state index contributed by atoms with van der Waals surface area (Å²) in [5.74, 6) is 0. The maximum atomic E-state index is 4.31. The summed E-state index contributed by atoms with van der Waals surface area (Å²) in [7, 11) is 0. The van der Waals surface area contributed by atoms with E-state index in [0.29, 0.717) is 6.54 Å². The van der Waals surface area contributed by atoms with Crippen LogP contribution in [0.4, 0.5) is 0 Å². The third kappa shape index (κ3) is 2.77. The van der Waals surface area contributed by atoms with Crippen molar-refractivity contribution >= 4 is 37.0 Å². The normalized spacial score (nSPS) is 11.8. The van der Waals surface area contributed by atoms with Crippen LogP contribution in [-0.4, -0.2) is 24.0 Å². The first-order valence-electron chi connectivity index (χ1n) is 6.52. The van der Waals surface area contributed by atoms with Gasteiger partial charge in [0.15, 0.2) is 0 Å². The van der Waals surface area contributed by atoms with Crippen LogP contribution in [0.1, 0.15) is 5.56 Å². The molecule has 0 amide bonds. The summed E-state index contributed by atoms with van der Waals surface area (Å²) in [6.45, 7) is 15.2. The Labute approximate surface area is 119 Å². The Morgan fingerprint density at radius 1 is 1.30 bits per heavy atom. The molecule has 0 fully saturated rings. The van der Waals surface area contributed by atoms with E-state index in [1.165, 1.54) is 16.5 Å². The minimum atomic E-state index is 0.696. The van der Waals surface area contributed by atoms with Gasteiger partial charge in [0.05, 0.1) is 6.54 Å². The van der Waals surface area contributed by atoms with Gasteiger partial charge in [-0.25, -0.2) is 0 Å². The number of fused-ring (bicyclic) bond motifs is 1. The number of aromatic nitrogens is 1. The highest BCUT2D eigenvalue weighted by atomic mass is 15.0. The quantitative estimate of drug-likeness (QED) is 0.741. The molecule has 1 aromatic heterocycles. The van der Waals surface area contributed by atoms with Gasteiger partial charge in [-0.05, 0) is 37.1 Å². The lowest BCUT2D eigenvalue weighted by molar-refractivity contribution is 0.719. The number of hydrogen-bond acceptors (Lipinski definition) is 2. The molecule has 0 bridgehead atoms. The van der Waals surface area contributed by atoms with Crippen LogP contribution >= 0.6 is 0 Å². The molecule has 0 aliphatic rings. The van der Waals surface area contributed by atoms with Crippen LogP contribution in [0.15, 0.2) is 40.5 Å². The van der Waals surface area contributed by atoms with E-state index >= 15 is 0 Å². The molecule has 2 aromatic rings. The molecule has 0 radical (unpaired) electrons. The summed E-state index contributed by atoms with van der Waals surface area (Å²) in [4.78, 5) is 7.92. The van der Waals surface area contributed by atoms with Gasteiger partial charge in [-0.2, -0.15) is 0 Å². The van der Waals surface area contributed by atoms with Crippen LogP contribution in [0.3, 0.4) is 0 Å². The summed E-state index contributed by atoms with van der Waals surface area (Å²) in [6, 6.07) is 6.39. The van der Waals surface area contributed by atoms with E-state index in [0.717, 1.165) is 17.1 Å². The van der Waals surface area contributed by atoms with E-state index in [4.69, 9.17) is 0 Å². The first-order valence-corrected chi connectivity index (χ1v) is 6.52. The van der Waals surface area contributed by atoms with Crippen LogP contribution in [0.25, 0.3) is 24.1 Å². The van der Waals surface area contributed by atoms with Gasteiger partial charge in [-0.1, -0.05) is 24.8 Å². The van der Waals surface area contributed by atoms with Crippen molar-refractivity contribution in [2.45, 2.75) is 13.5 Å². The average molecular weight is 265 g/mol. The van der Waals surface area contributed by atoms with E-state index in [1.807, 2.05) is 0 Å². The number of nitrogens with zero attached hydrogens (tertiary/aromatic N) is 3. The third-order valence-corrected chi connectivity index (χ3v) is 3.28. The summed E-state index contributed by atoms with van der Waals surface area (Å²) in [5.41, 5.74) is 2.41. The van der Waals surface area contributed by atoms with Gasteiger partial charge in [0.2, 0.25) is 0 Å². The summed E-state index contributed by atoms with van der Waals surface area (Å²) < 4.78 is 2.17. The van der Waals surface area contributed by atoms with Crippen molar-refractivity contribution in [3.63, 3.8) is 0 Å². The molecule has 20 heavy (non-hydrogen) atoms. The topological polar surface area (TPSA) is 29.6 Å². The van der Waals surface area contributed by atoms with Crippen LogP contribution in [0, 0.1) is 6.92 Å². The zero-order valence-corrected chi connectivity index (χ0v) is 11.8. The zero-order valence-electron chi connectivity index (χ0n) is 11.8. The number of rotatable bonds is 5. The van der Waals surface area contributed by atoms with Gasteiger partial charge in [-0.3, -0.25) is 9.98 Å². The highest BCUT2D eigenvalue weighted by Crippen LogP contribution is 2.11. The SMILES string of the molecule is C=N/C=C\C=N/CCn1c(=C)c(=C)c2cc(C)ccc21. The molecule has 0 N–H and O–H groups in total. The van der Waals surface area contributed by atoms with Crippen molar-refractivity contribution in [1.29, 1.82) is 0 Å². The number of hydrogen-bond donors (Lipinski definition) is 0. The number of benzene rings is 1. The molecular weight excluding hydrogens is 246 g/mol. The van der Waals surface area contributed by atoms with E-state index in [2.05, 4.69) is 59.6 Å². The fourth-order valence-corrected chi connectivity index (χ4v) is 2.24. The Kier molecular flexibility index (Phi) is 4.31. The molecule has 0 spiro atoms. The van der Waals surface area contributed by atoms with Crippen molar-refractivity contribution in [2.75, 3.05) is 6.54 Å². The number of aryl methyl sites for hydroxylation is 1. The molecule has 0 aliphatic carbocycles. The molecule has 0 saturated carbocycles. The second-order valence-electron chi connectivity index (χ2n) is 4.68. The number of aliphatic imine (C=N–C) groups is 2. The molecule has 1 aromatic carbocycles. The Bertz CT molecular complexity index is 779. The molecule has 102 valence electrons. The van der Waals surface area contributed by atoms with Gasteiger partial charge in [0.1, 0.15) is 0 Å². The average Bonchev–Trinajstić information content (AvgIpc) is 2.67. The Hall–Kier alpha value is -2.42. The summed E-state index contributed by atoms with van der Waals surface area (Å²) >= 11 is 0. The molecule has 0 atom stereocenters. The lowest BCUT2D eigenvalue weighted by atomic mass is 10.1. The summed E-state index contributed by atoms with van der Waals surface area (Å²) in [5, 5.41) is 3.14. The molecule has 0 aliphatic heterocycles. The molecule has 1 heterocycles. The number of allylic oxidation sites excluding steroid dienone is 1. The molecule has 3 heteroatoms. The first kappa shape index (κ1) is 14.0. The van der Waals surface area contributed by atoms with Crippen LogP contribution < -0.4 is 10.6 Å². The zero-order chi connectivity index (χ0) is 14.5. The van der Waals surface area contributed by atoms with E-state index < -0.39 is 0 Å². The van der Waals surface area contributed by atoms with Crippen molar-refractivity contribution in [1.82, 2.24) is 4.57 Å². The monoisotopic (exact) mass is 265 g/mol. The standard InChI is InChI=1S/C17H19N3/c1-13-6-7-17-16(12-13)14(2)15(3)20(17)11-10-19-9-5-8-18-4/h5-9,12H,2-4,10-11H2,1H3/b8-5-,19-9-. The second-order valence-corrected chi connectivity index (χ2v) is 4.68. The minimum absolute atomic E-state index is 0.696. The van der Waals surface area contributed by atoms with Crippen molar-refractivity contribution in [3.05, 3.63) is 46.6 Å². The molecule has 2 rings (SSSR count). The van der Waals surface area contributed by atoms with Gasteiger partial charge in [0, 0.05) is 35.2 Å². The molecule has 3 nitrogen and oxygen atoms in total. The lowest BCUT2D eigenvalue weighted by Crippen LogP contribution is -2.27. The van der Waals surface area contributed by atoms with E-state index in [9.17, 15) is 0 Å². The van der Waals surface area contributed by atoms with Crippen molar-refractivity contribution in [3.8, 4) is 0 Å². The first-order chi connectivity index (χ1) is 9.65. The van der Waals surface area contributed by atoms with Crippen LogP contribution in [0.2, 0.25) is 0 Å². The fourth-order valence-electron chi connectivity index (χ4n) is 2.24. The van der Waals surface area contributed by atoms with E-state index in [1.54, 1.807) is 18.5 Å². The summed E-state index contributed by atoms with van der Waals surface area (Å²) in [6.07, 6.45) is 5.11. The van der Waals surface area contributed by atoms with Gasteiger partial charge >= 0.3 is 0 Å². The smallest absolute Gasteiger partial charge is 0.0569 e. The highest BCUT2D eigenvalue weighted by Gasteiger charge is 2.04.